The number of thioether (sulfide) groups is 1. The molecule has 2 aromatic carbocycles. The maximum atomic E-state index is 13.0. The van der Waals surface area contributed by atoms with E-state index in [0.29, 0.717) is 6.42 Å². The molecule has 0 bridgehead atoms. The van der Waals surface area contributed by atoms with Crippen molar-refractivity contribution >= 4 is 29.0 Å². The molecule has 5 rings (SSSR count). The fraction of sp³-hybridized carbons (Fsp3) is 0.333. The number of aromatic nitrogens is 1. The third-order valence-corrected chi connectivity index (χ3v) is 7.85. The lowest BCUT2D eigenvalue weighted by Gasteiger charge is -2.34. The minimum Gasteiger partial charge on any atom is -0.454 e. The number of carbonyl (C=O) groups is 1. The maximum Gasteiger partial charge on any atom is 0.231 e. The lowest BCUT2D eigenvalue weighted by atomic mass is 10.1. The second-order valence-corrected chi connectivity index (χ2v) is 10.1. The zero-order valence-electron chi connectivity index (χ0n) is 18.0. The van der Waals surface area contributed by atoms with Gasteiger partial charge >= 0.3 is 0 Å². The van der Waals surface area contributed by atoms with Gasteiger partial charge < -0.3 is 14.4 Å². The number of rotatable bonds is 7. The van der Waals surface area contributed by atoms with Crippen LogP contribution >= 0.6 is 23.1 Å². The molecule has 0 aliphatic carbocycles. The summed E-state index contributed by atoms with van der Waals surface area (Å²) in [6.07, 6.45) is 0.329. The molecular formula is C24H24FN3O3S2. The molecule has 0 unspecified atom stereocenters. The zero-order valence-corrected chi connectivity index (χ0v) is 19.7. The van der Waals surface area contributed by atoms with Crippen LogP contribution in [0.25, 0.3) is 0 Å². The van der Waals surface area contributed by atoms with Crippen LogP contribution in [0.1, 0.15) is 16.8 Å². The number of benzene rings is 2. The van der Waals surface area contributed by atoms with Gasteiger partial charge in [-0.3, -0.25) is 9.69 Å². The van der Waals surface area contributed by atoms with Crippen LogP contribution in [0.5, 0.6) is 11.5 Å². The van der Waals surface area contributed by atoms with E-state index < -0.39 is 0 Å². The Labute approximate surface area is 200 Å². The maximum absolute atomic E-state index is 13.0. The van der Waals surface area contributed by atoms with Gasteiger partial charge in [0.1, 0.15) is 10.2 Å². The number of halogens is 1. The average molecular weight is 486 g/mol. The highest BCUT2D eigenvalue weighted by atomic mass is 32.2. The normalized spacial score (nSPS) is 15.7. The van der Waals surface area contributed by atoms with E-state index in [2.05, 4.69) is 16.0 Å². The van der Waals surface area contributed by atoms with E-state index in [9.17, 15) is 9.18 Å². The van der Waals surface area contributed by atoms with Crippen molar-refractivity contribution < 1.29 is 18.7 Å². The summed E-state index contributed by atoms with van der Waals surface area (Å²) < 4.78 is 24.8. The predicted octanol–water partition coefficient (Wildman–Crippen LogP) is 4.19. The first kappa shape index (κ1) is 22.2. The number of amides is 1. The summed E-state index contributed by atoms with van der Waals surface area (Å²) in [5, 5.41) is 1.96. The number of fused-ring (bicyclic) bond motifs is 1. The molecule has 0 atom stereocenters. The van der Waals surface area contributed by atoms with E-state index in [1.54, 1.807) is 35.2 Å². The van der Waals surface area contributed by atoms with Crippen molar-refractivity contribution in [3.63, 3.8) is 0 Å². The predicted molar refractivity (Wildman–Crippen MR) is 126 cm³/mol. The van der Waals surface area contributed by atoms with Gasteiger partial charge in [0.25, 0.3) is 0 Å². The average Bonchev–Trinajstić information content (AvgIpc) is 3.48. The molecule has 1 fully saturated rings. The summed E-state index contributed by atoms with van der Waals surface area (Å²) in [5.41, 5.74) is 3.05. The molecule has 0 saturated carbocycles. The second-order valence-electron chi connectivity index (χ2n) is 8.04. The van der Waals surface area contributed by atoms with E-state index in [1.165, 1.54) is 17.7 Å². The van der Waals surface area contributed by atoms with E-state index in [0.717, 1.165) is 65.6 Å². The van der Waals surface area contributed by atoms with Gasteiger partial charge in [-0.2, -0.15) is 0 Å². The van der Waals surface area contributed by atoms with Crippen LogP contribution in [-0.4, -0.2) is 53.7 Å². The molecule has 6 nitrogen and oxygen atoms in total. The fourth-order valence-corrected chi connectivity index (χ4v) is 5.68. The highest BCUT2D eigenvalue weighted by Gasteiger charge is 2.23. The third kappa shape index (κ3) is 5.66. The minimum absolute atomic E-state index is 0.123. The Morgan fingerprint density at radius 2 is 1.79 bits per heavy atom. The Morgan fingerprint density at radius 3 is 2.61 bits per heavy atom. The first-order valence-corrected chi connectivity index (χ1v) is 12.7. The van der Waals surface area contributed by atoms with Gasteiger partial charge in [0.15, 0.2) is 11.5 Å². The van der Waals surface area contributed by atoms with Crippen molar-refractivity contribution in [2.24, 2.45) is 0 Å². The molecule has 0 spiro atoms. The lowest BCUT2D eigenvalue weighted by molar-refractivity contribution is -0.132. The molecule has 1 aromatic heterocycles. The molecule has 0 N–H and O–H groups in total. The van der Waals surface area contributed by atoms with Gasteiger partial charge in [0, 0.05) is 43.9 Å². The quantitative estimate of drug-likeness (QED) is 0.468. The molecule has 33 heavy (non-hydrogen) atoms. The molecule has 9 heteroatoms. The Hall–Kier alpha value is -2.62. The van der Waals surface area contributed by atoms with E-state index in [4.69, 9.17) is 9.47 Å². The molecule has 1 saturated heterocycles. The van der Waals surface area contributed by atoms with Crippen LogP contribution in [0.4, 0.5) is 4.39 Å². The third-order valence-electron chi connectivity index (χ3n) is 5.71. The second kappa shape index (κ2) is 10.1. The topological polar surface area (TPSA) is 54.9 Å². The summed E-state index contributed by atoms with van der Waals surface area (Å²) in [5.74, 6) is 2.23. The SMILES string of the molecule is O=C(Cc1csc(SCc2ccc(F)cc2)n1)N1CCN(Cc2ccc3c(c2)OCO3)CC1. The van der Waals surface area contributed by atoms with Gasteiger partial charge in [0.05, 0.1) is 12.1 Å². The first-order chi connectivity index (χ1) is 16.1. The van der Waals surface area contributed by atoms with Crippen LogP contribution in [0.15, 0.2) is 52.2 Å². The number of hydrogen-bond acceptors (Lipinski definition) is 7. The smallest absolute Gasteiger partial charge is 0.231 e. The molecule has 2 aliphatic rings. The van der Waals surface area contributed by atoms with Gasteiger partial charge in [-0.25, -0.2) is 9.37 Å². The number of carbonyl (C=O) groups excluding carboxylic acids is 1. The van der Waals surface area contributed by atoms with Crippen LogP contribution in [-0.2, 0) is 23.5 Å². The molecule has 1 amide bonds. The van der Waals surface area contributed by atoms with Crippen molar-refractivity contribution in [3.8, 4) is 11.5 Å². The first-order valence-electron chi connectivity index (χ1n) is 10.8. The van der Waals surface area contributed by atoms with Gasteiger partial charge in [-0.1, -0.05) is 30.0 Å². The summed E-state index contributed by atoms with van der Waals surface area (Å²) >= 11 is 3.16. The zero-order chi connectivity index (χ0) is 22.6. The summed E-state index contributed by atoms with van der Waals surface area (Å²) in [6.45, 7) is 4.25. The minimum atomic E-state index is -0.229. The number of nitrogens with zero attached hydrogens (tertiary/aromatic N) is 3. The van der Waals surface area contributed by atoms with Crippen molar-refractivity contribution in [1.82, 2.24) is 14.8 Å². The largest absolute Gasteiger partial charge is 0.454 e. The Bertz CT molecular complexity index is 1110. The molecule has 3 aromatic rings. The van der Waals surface area contributed by atoms with Crippen LogP contribution in [0, 0.1) is 5.82 Å². The Morgan fingerprint density at radius 1 is 1.03 bits per heavy atom. The lowest BCUT2D eigenvalue weighted by Crippen LogP contribution is -2.48. The van der Waals surface area contributed by atoms with Gasteiger partial charge in [0.2, 0.25) is 12.7 Å². The van der Waals surface area contributed by atoms with E-state index in [-0.39, 0.29) is 18.5 Å². The summed E-state index contributed by atoms with van der Waals surface area (Å²) in [7, 11) is 0. The van der Waals surface area contributed by atoms with Crippen LogP contribution in [0.2, 0.25) is 0 Å². The number of hydrogen-bond donors (Lipinski definition) is 0. The summed E-state index contributed by atoms with van der Waals surface area (Å²) in [6, 6.07) is 12.6. The van der Waals surface area contributed by atoms with Crippen molar-refractivity contribution in [2.75, 3.05) is 33.0 Å². The summed E-state index contributed by atoms with van der Waals surface area (Å²) in [4.78, 5) is 21.7. The van der Waals surface area contributed by atoms with E-state index >= 15 is 0 Å². The number of thiazole rings is 1. The Balaban J connectivity index is 1.07. The molecule has 0 radical (unpaired) electrons. The number of piperazine rings is 1. The Kier molecular flexibility index (Phi) is 6.80. The molecule has 3 heterocycles. The van der Waals surface area contributed by atoms with Gasteiger partial charge in [-0.15, -0.1) is 11.3 Å². The van der Waals surface area contributed by atoms with Crippen LogP contribution in [0.3, 0.4) is 0 Å². The molecule has 2 aliphatic heterocycles. The molecular weight excluding hydrogens is 461 g/mol. The fourth-order valence-electron chi connectivity index (χ4n) is 3.88. The number of ether oxygens (including phenoxy) is 2. The molecule has 172 valence electrons. The highest BCUT2D eigenvalue weighted by Crippen LogP contribution is 2.33. The highest BCUT2D eigenvalue weighted by molar-refractivity contribution is 8.00. The van der Waals surface area contributed by atoms with E-state index in [1.807, 2.05) is 22.4 Å². The van der Waals surface area contributed by atoms with Crippen molar-refractivity contribution in [2.45, 2.75) is 23.1 Å². The van der Waals surface area contributed by atoms with Crippen molar-refractivity contribution in [3.05, 3.63) is 70.5 Å². The monoisotopic (exact) mass is 485 g/mol. The van der Waals surface area contributed by atoms with Gasteiger partial charge in [-0.05, 0) is 35.4 Å². The van der Waals surface area contributed by atoms with Crippen molar-refractivity contribution in [1.29, 1.82) is 0 Å². The van der Waals surface area contributed by atoms with Crippen LogP contribution < -0.4 is 9.47 Å². The standard InChI is InChI=1S/C24H24FN3O3S2/c25-19-4-1-17(2-5-19)14-32-24-26-20(15-33-24)12-23(29)28-9-7-27(8-10-28)13-18-3-6-21-22(11-18)31-16-30-21/h1-6,11,15H,7-10,12-14,16H2.